The van der Waals surface area contributed by atoms with E-state index in [0.717, 1.165) is 17.7 Å². The summed E-state index contributed by atoms with van der Waals surface area (Å²) in [6.45, 7) is 0. The summed E-state index contributed by atoms with van der Waals surface area (Å²) in [6, 6.07) is 9.18. The first-order chi connectivity index (χ1) is 15.3. The van der Waals surface area contributed by atoms with Crippen LogP contribution in [-0.2, 0) is 19.0 Å². The summed E-state index contributed by atoms with van der Waals surface area (Å²) >= 11 is 0. The zero-order valence-corrected chi connectivity index (χ0v) is 16.3. The molecule has 0 radical (unpaired) electrons. The summed E-state index contributed by atoms with van der Waals surface area (Å²) in [7, 11) is 0. The largest absolute Gasteiger partial charge is 0.418 e. The number of H-pyrrole nitrogens is 1. The molecule has 4 aromatic rings. The molecule has 0 saturated carbocycles. The predicted molar refractivity (Wildman–Crippen MR) is 106 cm³/mol. The highest BCUT2D eigenvalue weighted by atomic mass is 19.4. The van der Waals surface area contributed by atoms with E-state index in [4.69, 9.17) is 0 Å². The molecule has 0 fully saturated rings. The van der Waals surface area contributed by atoms with E-state index in [2.05, 4.69) is 30.9 Å². The van der Waals surface area contributed by atoms with E-state index >= 15 is 0 Å². The fourth-order valence-electron chi connectivity index (χ4n) is 3.06. The van der Waals surface area contributed by atoms with Crippen molar-refractivity contribution < 1.29 is 17.6 Å². The first kappa shape index (κ1) is 21.2. The Kier molecular flexibility index (Phi) is 5.67. The van der Waals surface area contributed by atoms with E-state index < -0.39 is 28.8 Å². The van der Waals surface area contributed by atoms with Crippen molar-refractivity contribution in [1.29, 1.82) is 0 Å². The minimum Gasteiger partial charge on any atom is -0.335 e. The molecule has 0 atom stereocenters. The van der Waals surface area contributed by atoms with Crippen molar-refractivity contribution in [2.75, 3.05) is 5.32 Å². The van der Waals surface area contributed by atoms with E-state index in [-0.39, 0.29) is 5.82 Å². The molecule has 2 aromatic heterocycles. The van der Waals surface area contributed by atoms with Crippen LogP contribution in [-0.4, -0.2) is 30.2 Å². The van der Waals surface area contributed by atoms with Crippen LogP contribution in [0.4, 0.5) is 29.1 Å². The molecule has 8 nitrogen and oxygen atoms in total. The van der Waals surface area contributed by atoms with E-state index in [1.54, 1.807) is 12.1 Å². The van der Waals surface area contributed by atoms with E-state index in [1.807, 2.05) is 12.1 Å². The van der Waals surface area contributed by atoms with Crippen molar-refractivity contribution in [2.45, 2.75) is 19.0 Å². The highest BCUT2D eigenvalue weighted by Crippen LogP contribution is 2.36. The minimum absolute atomic E-state index is 0.328. The summed E-state index contributed by atoms with van der Waals surface area (Å²) in [4.78, 5) is 16.7. The van der Waals surface area contributed by atoms with Crippen molar-refractivity contribution in [1.82, 2.24) is 30.2 Å². The molecule has 0 aliphatic heterocycles. The molecular formula is C20H15F4N7O. The first-order valence-corrected chi connectivity index (χ1v) is 9.34. The van der Waals surface area contributed by atoms with Crippen molar-refractivity contribution in [2.24, 2.45) is 0 Å². The van der Waals surface area contributed by atoms with Crippen molar-refractivity contribution in [3.63, 3.8) is 0 Å². The van der Waals surface area contributed by atoms with Gasteiger partial charge < -0.3 is 5.32 Å². The molecule has 0 unspecified atom stereocenters. The third-order valence-electron chi connectivity index (χ3n) is 4.62. The fourth-order valence-corrected chi connectivity index (χ4v) is 3.06. The van der Waals surface area contributed by atoms with Gasteiger partial charge >= 0.3 is 6.18 Å². The maximum atomic E-state index is 13.3. The Morgan fingerprint density at radius 3 is 2.53 bits per heavy atom. The number of alkyl halides is 3. The van der Waals surface area contributed by atoms with Crippen molar-refractivity contribution in [3.8, 4) is 5.69 Å². The molecule has 2 N–H and O–H groups in total. The topological polar surface area (TPSA) is 101 Å². The van der Waals surface area contributed by atoms with Gasteiger partial charge in [-0.25, -0.2) is 9.37 Å². The fraction of sp³-hybridized carbons (Fsp3) is 0.150. The van der Waals surface area contributed by atoms with Crippen LogP contribution in [0, 0.1) is 5.82 Å². The second-order valence-electron chi connectivity index (χ2n) is 6.76. The van der Waals surface area contributed by atoms with Crippen LogP contribution < -0.4 is 10.9 Å². The van der Waals surface area contributed by atoms with Crippen LogP contribution in [0.15, 0.2) is 59.7 Å². The molecule has 32 heavy (non-hydrogen) atoms. The molecule has 0 bridgehead atoms. The number of tetrazole rings is 1. The Labute approximate surface area is 177 Å². The van der Waals surface area contributed by atoms with Gasteiger partial charge in [-0.05, 0) is 42.3 Å². The van der Waals surface area contributed by atoms with Crippen LogP contribution in [0.5, 0.6) is 0 Å². The van der Waals surface area contributed by atoms with Gasteiger partial charge in [0.15, 0.2) is 11.6 Å². The number of anilines is 2. The number of aryl methyl sites for hydroxylation is 2. The predicted octanol–water partition coefficient (Wildman–Crippen LogP) is 3.43. The van der Waals surface area contributed by atoms with Crippen LogP contribution in [0.3, 0.4) is 0 Å². The summed E-state index contributed by atoms with van der Waals surface area (Å²) in [5.74, 6) is -0.791. The monoisotopic (exact) mass is 445 g/mol. The average Bonchev–Trinajstić information content (AvgIpc) is 3.28. The average molecular weight is 445 g/mol. The maximum absolute atomic E-state index is 13.3. The van der Waals surface area contributed by atoms with Crippen LogP contribution in [0.2, 0.25) is 0 Å². The number of benzene rings is 2. The van der Waals surface area contributed by atoms with Crippen molar-refractivity contribution >= 4 is 11.5 Å². The Hall–Kier alpha value is -4.09. The number of aromatic nitrogens is 6. The molecule has 0 spiro atoms. The van der Waals surface area contributed by atoms with Crippen LogP contribution >= 0.6 is 0 Å². The molecular weight excluding hydrogens is 430 g/mol. The lowest BCUT2D eigenvalue weighted by Gasteiger charge is -2.15. The second-order valence-corrected chi connectivity index (χ2v) is 6.76. The number of rotatable bonds is 6. The Morgan fingerprint density at radius 1 is 1.06 bits per heavy atom. The first-order valence-electron chi connectivity index (χ1n) is 9.34. The van der Waals surface area contributed by atoms with Gasteiger partial charge in [-0.1, -0.05) is 17.3 Å². The maximum Gasteiger partial charge on any atom is 0.418 e. The van der Waals surface area contributed by atoms with Gasteiger partial charge in [0.05, 0.1) is 11.3 Å². The molecule has 164 valence electrons. The van der Waals surface area contributed by atoms with E-state index in [1.165, 1.54) is 17.0 Å². The molecule has 4 rings (SSSR count). The summed E-state index contributed by atoms with van der Waals surface area (Å²) in [5.41, 5.74) is -0.901. The van der Waals surface area contributed by atoms with Gasteiger partial charge in [0.25, 0.3) is 5.56 Å². The van der Waals surface area contributed by atoms with Crippen LogP contribution in [0.25, 0.3) is 5.69 Å². The zero-order valence-electron chi connectivity index (χ0n) is 16.3. The third-order valence-corrected chi connectivity index (χ3v) is 4.62. The second kappa shape index (κ2) is 8.57. The van der Waals surface area contributed by atoms with E-state index in [9.17, 15) is 22.4 Å². The van der Waals surface area contributed by atoms with Gasteiger partial charge in [-0.15, -0.1) is 10.2 Å². The lowest BCUT2D eigenvalue weighted by atomic mass is 10.1. The SMILES string of the molecule is O=c1c(Nc2ccc(F)cc2C(F)(F)F)nccn1-c1ccc(CCc2nn[nH]n2)cc1. The Morgan fingerprint density at radius 2 is 1.84 bits per heavy atom. The third kappa shape index (κ3) is 4.63. The normalized spacial score (nSPS) is 11.5. The highest BCUT2D eigenvalue weighted by molar-refractivity contribution is 5.61. The Balaban J connectivity index is 1.58. The van der Waals surface area contributed by atoms with Gasteiger partial charge in [-0.3, -0.25) is 9.36 Å². The number of hydrogen-bond donors (Lipinski definition) is 2. The Bertz CT molecular complexity index is 1270. The molecule has 0 amide bonds. The minimum atomic E-state index is -4.81. The number of nitrogens with one attached hydrogen (secondary N) is 2. The highest BCUT2D eigenvalue weighted by Gasteiger charge is 2.34. The smallest absolute Gasteiger partial charge is 0.335 e. The molecule has 0 saturated heterocycles. The lowest BCUT2D eigenvalue weighted by molar-refractivity contribution is -0.137. The number of hydrogen-bond acceptors (Lipinski definition) is 6. The van der Waals surface area contributed by atoms with Gasteiger partial charge in [0.2, 0.25) is 0 Å². The van der Waals surface area contributed by atoms with E-state index in [0.29, 0.717) is 30.4 Å². The molecule has 2 heterocycles. The quantitative estimate of drug-likeness (QED) is 0.441. The summed E-state index contributed by atoms with van der Waals surface area (Å²) in [6.07, 6.45) is -0.890. The number of nitrogens with zero attached hydrogens (tertiary/aromatic N) is 5. The zero-order chi connectivity index (χ0) is 22.7. The number of halogens is 4. The van der Waals surface area contributed by atoms with Gasteiger partial charge in [0, 0.05) is 24.5 Å². The van der Waals surface area contributed by atoms with Crippen molar-refractivity contribution in [3.05, 3.63) is 88.0 Å². The standard InChI is InChI=1S/C20H15F4N7O/c21-13-4-7-16(15(11-13)20(22,23)24)26-18-19(32)31(10-9-25-18)14-5-1-12(2-6-14)3-8-17-27-29-30-28-17/h1-2,4-7,9-11H,3,8H2,(H,25,26)(H,27,28,29,30). The molecule has 2 aromatic carbocycles. The van der Waals surface area contributed by atoms with Gasteiger partial charge in [0.1, 0.15) is 5.82 Å². The van der Waals surface area contributed by atoms with Gasteiger partial charge in [-0.2, -0.15) is 18.4 Å². The molecule has 0 aliphatic carbocycles. The summed E-state index contributed by atoms with van der Waals surface area (Å²) in [5, 5.41) is 16.0. The molecule has 12 heteroatoms. The molecule has 0 aliphatic rings. The summed E-state index contributed by atoms with van der Waals surface area (Å²) < 4.78 is 54.3. The lowest BCUT2D eigenvalue weighted by Crippen LogP contribution is -2.22. The number of aromatic amines is 1. The van der Waals surface area contributed by atoms with Crippen LogP contribution in [0.1, 0.15) is 17.0 Å².